The molecule has 3 atom stereocenters. The van der Waals surface area contributed by atoms with Crippen molar-refractivity contribution in [2.75, 3.05) is 0 Å². The Morgan fingerprint density at radius 2 is 1.76 bits per heavy atom. The van der Waals surface area contributed by atoms with Crippen molar-refractivity contribution in [3.05, 3.63) is 65.7 Å². The third kappa shape index (κ3) is 2.45. The smallest absolute Gasteiger partial charge is 0.176 e. The molecule has 0 fully saturated rings. The molecule has 1 N–H and O–H groups in total. The standard InChI is InChI=1S/C18H18O3/c1-2-14-16(17(19)12-8-4-3-5-9-12)18(20)13-10-6-7-11-15(13)21-14/h3-11,14,16-17,19H,2H2,1H3/t14-,16+,17?/m1/s1. The Bertz CT molecular complexity index is 636. The molecule has 0 saturated carbocycles. The van der Waals surface area contributed by atoms with Crippen molar-refractivity contribution in [1.82, 2.24) is 0 Å². The summed E-state index contributed by atoms with van der Waals surface area (Å²) in [5, 5.41) is 10.6. The van der Waals surface area contributed by atoms with Gasteiger partial charge in [-0.3, -0.25) is 4.79 Å². The van der Waals surface area contributed by atoms with Crippen molar-refractivity contribution in [3.63, 3.8) is 0 Å². The maximum absolute atomic E-state index is 12.8. The Morgan fingerprint density at radius 3 is 2.48 bits per heavy atom. The number of hydrogen-bond acceptors (Lipinski definition) is 3. The molecule has 1 unspecified atom stereocenters. The predicted octanol–water partition coefficient (Wildman–Crippen LogP) is 3.39. The van der Waals surface area contributed by atoms with Crippen molar-refractivity contribution in [1.29, 1.82) is 0 Å². The number of rotatable bonds is 3. The number of aliphatic hydroxyl groups excluding tert-OH is 1. The molecule has 0 spiro atoms. The molecule has 21 heavy (non-hydrogen) atoms. The molecule has 2 aromatic carbocycles. The van der Waals surface area contributed by atoms with E-state index in [1.807, 2.05) is 49.4 Å². The van der Waals surface area contributed by atoms with Gasteiger partial charge in [-0.2, -0.15) is 0 Å². The molecule has 0 amide bonds. The molecule has 108 valence electrons. The third-order valence-corrected chi connectivity index (χ3v) is 4.02. The fraction of sp³-hybridized carbons (Fsp3) is 0.278. The van der Waals surface area contributed by atoms with Crippen molar-refractivity contribution in [2.45, 2.75) is 25.6 Å². The van der Waals surface area contributed by atoms with Crippen LogP contribution >= 0.6 is 0 Å². The second-order valence-electron chi connectivity index (χ2n) is 5.31. The zero-order chi connectivity index (χ0) is 14.8. The van der Waals surface area contributed by atoms with Gasteiger partial charge in [0.1, 0.15) is 11.9 Å². The second kappa shape index (κ2) is 5.70. The van der Waals surface area contributed by atoms with Crippen molar-refractivity contribution in [3.8, 4) is 5.75 Å². The van der Waals surface area contributed by atoms with Crippen LogP contribution in [0.5, 0.6) is 5.75 Å². The van der Waals surface area contributed by atoms with Crippen LogP contribution in [-0.2, 0) is 0 Å². The molecule has 2 aromatic rings. The fourth-order valence-electron chi connectivity index (χ4n) is 2.90. The topological polar surface area (TPSA) is 46.5 Å². The van der Waals surface area contributed by atoms with Crippen LogP contribution in [0.4, 0.5) is 0 Å². The normalized spacial score (nSPS) is 22.3. The quantitative estimate of drug-likeness (QED) is 0.938. The number of aliphatic hydroxyl groups is 1. The Hall–Kier alpha value is -2.13. The highest BCUT2D eigenvalue weighted by Crippen LogP contribution is 2.38. The van der Waals surface area contributed by atoms with Gasteiger partial charge in [0.15, 0.2) is 5.78 Å². The maximum Gasteiger partial charge on any atom is 0.176 e. The monoisotopic (exact) mass is 282 g/mol. The number of carbonyl (C=O) groups is 1. The van der Waals surface area contributed by atoms with Gasteiger partial charge in [0.2, 0.25) is 0 Å². The molecule has 0 radical (unpaired) electrons. The van der Waals surface area contributed by atoms with E-state index >= 15 is 0 Å². The summed E-state index contributed by atoms with van der Waals surface area (Å²) in [6.07, 6.45) is -0.478. The van der Waals surface area contributed by atoms with E-state index in [1.54, 1.807) is 12.1 Å². The first kappa shape index (κ1) is 13.8. The van der Waals surface area contributed by atoms with E-state index in [4.69, 9.17) is 4.74 Å². The van der Waals surface area contributed by atoms with Crippen LogP contribution in [0.2, 0.25) is 0 Å². The molecule has 0 saturated heterocycles. The summed E-state index contributed by atoms with van der Waals surface area (Å²) in [7, 11) is 0. The van der Waals surface area contributed by atoms with Crippen molar-refractivity contribution >= 4 is 5.78 Å². The Morgan fingerprint density at radius 1 is 1.10 bits per heavy atom. The zero-order valence-electron chi connectivity index (χ0n) is 11.9. The van der Waals surface area contributed by atoms with Gasteiger partial charge in [0, 0.05) is 0 Å². The number of ether oxygens (including phenoxy) is 1. The zero-order valence-corrected chi connectivity index (χ0v) is 11.9. The molecule has 1 heterocycles. The van der Waals surface area contributed by atoms with E-state index < -0.39 is 12.0 Å². The van der Waals surface area contributed by atoms with E-state index in [1.165, 1.54) is 0 Å². The fourth-order valence-corrected chi connectivity index (χ4v) is 2.90. The van der Waals surface area contributed by atoms with Crippen LogP contribution in [0.3, 0.4) is 0 Å². The molecule has 0 aliphatic carbocycles. The first-order valence-electron chi connectivity index (χ1n) is 7.25. The Labute approximate surface area is 124 Å². The number of ketones is 1. The predicted molar refractivity (Wildman–Crippen MR) is 80.4 cm³/mol. The second-order valence-corrected chi connectivity index (χ2v) is 5.31. The summed E-state index contributed by atoms with van der Waals surface area (Å²) in [5.74, 6) is 0.0122. The minimum Gasteiger partial charge on any atom is -0.489 e. The average Bonchev–Trinajstić information content (AvgIpc) is 2.55. The van der Waals surface area contributed by atoms with E-state index in [0.717, 1.165) is 5.56 Å². The minimum absolute atomic E-state index is 0.0416. The van der Waals surface area contributed by atoms with Gasteiger partial charge in [-0.15, -0.1) is 0 Å². The van der Waals surface area contributed by atoms with Gasteiger partial charge in [0.25, 0.3) is 0 Å². The molecule has 3 heteroatoms. The first-order chi connectivity index (χ1) is 10.2. The van der Waals surface area contributed by atoms with E-state index in [0.29, 0.717) is 17.7 Å². The molecule has 0 aromatic heterocycles. The number of Topliss-reactive ketones (excluding diaryl/α,β-unsaturated/α-hetero) is 1. The highest BCUT2D eigenvalue weighted by molar-refractivity contribution is 6.02. The first-order valence-corrected chi connectivity index (χ1v) is 7.25. The van der Waals surface area contributed by atoms with E-state index in [2.05, 4.69) is 0 Å². The lowest BCUT2D eigenvalue weighted by Crippen LogP contribution is -2.41. The highest BCUT2D eigenvalue weighted by atomic mass is 16.5. The van der Waals surface area contributed by atoms with Crippen molar-refractivity contribution in [2.24, 2.45) is 5.92 Å². The van der Waals surface area contributed by atoms with Gasteiger partial charge in [-0.05, 0) is 24.1 Å². The van der Waals surface area contributed by atoms with Gasteiger partial charge in [0.05, 0.1) is 17.6 Å². The largest absolute Gasteiger partial charge is 0.489 e. The molecule has 0 bridgehead atoms. The van der Waals surface area contributed by atoms with Gasteiger partial charge < -0.3 is 9.84 Å². The number of carbonyl (C=O) groups excluding carboxylic acids is 1. The van der Waals surface area contributed by atoms with Crippen LogP contribution in [0, 0.1) is 5.92 Å². The molecule has 3 nitrogen and oxygen atoms in total. The summed E-state index contributed by atoms with van der Waals surface area (Å²) in [6, 6.07) is 16.5. The van der Waals surface area contributed by atoms with Crippen LogP contribution in [0.1, 0.15) is 35.4 Å². The van der Waals surface area contributed by atoms with Crippen LogP contribution in [0.15, 0.2) is 54.6 Å². The van der Waals surface area contributed by atoms with Crippen LogP contribution < -0.4 is 4.74 Å². The molecule has 1 aliphatic rings. The van der Waals surface area contributed by atoms with Gasteiger partial charge >= 0.3 is 0 Å². The van der Waals surface area contributed by atoms with E-state index in [-0.39, 0.29) is 11.9 Å². The van der Waals surface area contributed by atoms with Crippen LogP contribution in [0.25, 0.3) is 0 Å². The third-order valence-electron chi connectivity index (χ3n) is 4.02. The number of fused-ring (bicyclic) bond motifs is 1. The maximum atomic E-state index is 12.8. The Kier molecular flexibility index (Phi) is 3.76. The summed E-state index contributed by atoms with van der Waals surface area (Å²) < 4.78 is 5.93. The number of hydrogen-bond donors (Lipinski definition) is 1. The SMILES string of the molecule is CC[C@H]1Oc2ccccc2C(=O)[C@@H]1C(O)c1ccccc1. The van der Waals surface area contributed by atoms with Gasteiger partial charge in [-0.1, -0.05) is 49.4 Å². The lowest BCUT2D eigenvalue weighted by Gasteiger charge is -2.34. The summed E-state index contributed by atoms with van der Waals surface area (Å²) in [4.78, 5) is 12.8. The molecule has 1 aliphatic heterocycles. The number of para-hydroxylation sites is 1. The molecular weight excluding hydrogens is 264 g/mol. The highest BCUT2D eigenvalue weighted by Gasteiger charge is 2.41. The number of benzene rings is 2. The molecular formula is C18H18O3. The summed E-state index contributed by atoms with van der Waals surface area (Å²) >= 11 is 0. The summed E-state index contributed by atoms with van der Waals surface area (Å²) in [6.45, 7) is 1.97. The lowest BCUT2D eigenvalue weighted by molar-refractivity contribution is 0.0153. The summed E-state index contributed by atoms with van der Waals surface area (Å²) in [5.41, 5.74) is 1.31. The van der Waals surface area contributed by atoms with Gasteiger partial charge in [-0.25, -0.2) is 0 Å². The lowest BCUT2D eigenvalue weighted by atomic mass is 9.81. The minimum atomic E-state index is -0.850. The molecule has 3 rings (SSSR count). The van der Waals surface area contributed by atoms with E-state index in [9.17, 15) is 9.90 Å². The Balaban J connectivity index is 1.99. The average molecular weight is 282 g/mol. The van der Waals surface area contributed by atoms with Crippen molar-refractivity contribution < 1.29 is 14.6 Å². The van der Waals surface area contributed by atoms with Crippen LogP contribution in [-0.4, -0.2) is 17.0 Å².